The fourth-order valence-electron chi connectivity index (χ4n) is 2.25. The van der Waals surface area contributed by atoms with E-state index in [1.165, 1.54) is 10.9 Å². The number of nitrogens with one attached hydrogen (secondary N) is 1. The number of carbonyl (C=O) groups is 1. The summed E-state index contributed by atoms with van der Waals surface area (Å²) in [7, 11) is 1.63. The lowest BCUT2D eigenvalue weighted by Crippen LogP contribution is -2.28. The van der Waals surface area contributed by atoms with Gasteiger partial charge in [-0.05, 0) is 25.0 Å². The van der Waals surface area contributed by atoms with E-state index < -0.39 is 0 Å². The van der Waals surface area contributed by atoms with Gasteiger partial charge in [0.15, 0.2) is 0 Å². The molecule has 1 N–H and O–H groups in total. The van der Waals surface area contributed by atoms with E-state index >= 15 is 0 Å². The van der Waals surface area contributed by atoms with Gasteiger partial charge in [-0.1, -0.05) is 12.1 Å². The van der Waals surface area contributed by atoms with Gasteiger partial charge in [-0.3, -0.25) is 14.2 Å². The van der Waals surface area contributed by atoms with Gasteiger partial charge in [0.2, 0.25) is 5.91 Å². The first-order valence-corrected chi connectivity index (χ1v) is 7.34. The molecule has 22 heavy (non-hydrogen) atoms. The third-order valence-electron chi connectivity index (χ3n) is 3.48. The van der Waals surface area contributed by atoms with Crippen LogP contribution in [0, 0.1) is 6.92 Å². The molecule has 1 heterocycles. The van der Waals surface area contributed by atoms with Gasteiger partial charge < -0.3 is 10.1 Å². The second kappa shape index (κ2) is 7.70. The lowest BCUT2D eigenvalue weighted by atomic mass is 10.1. The summed E-state index contributed by atoms with van der Waals surface area (Å²) in [6, 6.07) is 5.53. The van der Waals surface area contributed by atoms with Crippen LogP contribution in [0.3, 0.4) is 0 Å². The van der Waals surface area contributed by atoms with Crippen LogP contribution in [-0.2, 0) is 16.1 Å². The predicted molar refractivity (Wildman–Crippen MR) is 84.9 cm³/mol. The highest BCUT2D eigenvalue weighted by Gasteiger charge is 2.07. The molecule has 6 nitrogen and oxygen atoms in total. The Labute approximate surface area is 129 Å². The van der Waals surface area contributed by atoms with Gasteiger partial charge in [-0.15, -0.1) is 0 Å². The minimum absolute atomic E-state index is 0.0765. The molecular weight excluding hydrogens is 282 g/mol. The molecule has 1 aromatic carbocycles. The maximum Gasteiger partial charge on any atom is 0.261 e. The molecule has 0 atom stereocenters. The molecule has 0 aliphatic heterocycles. The first kappa shape index (κ1) is 16.2. The number of amides is 1. The summed E-state index contributed by atoms with van der Waals surface area (Å²) in [6.45, 7) is 3.45. The van der Waals surface area contributed by atoms with Crippen LogP contribution in [0.1, 0.15) is 18.4 Å². The Balaban J connectivity index is 1.99. The molecule has 1 aromatic heterocycles. The Hall–Kier alpha value is -2.21. The van der Waals surface area contributed by atoms with E-state index in [4.69, 9.17) is 4.74 Å². The van der Waals surface area contributed by atoms with Crippen molar-refractivity contribution in [2.24, 2.45) is 0 Å². The Morgan fingerprint density at radius 3 is 3.00 bits per heavy atom. The van der Waals surface area contributed by atoms with E-state index in [9.17, 15) is 9.59 Å². The lowest BCUT2D eigenvalue weighted by molar-refractivity contribution is -0.121. The largest absolute Gasteiger partial charge is 0.385 e. The number of aromatic nitrogens is 2. The Morgan fingerprint density at radius 2 is 2.23 bits per heavy atom. The summed E-state index contributed by atoms with van der Waals surface area (Å²) in [5, 5.41) is 3.38. The molecule has 0 bridgehead atoms. The number of para-hydroxylation sites is 1. The number of fused-ring (bicyclic) bond motifs is 1. The second-order valence-corrected chi connectivity index (χ2v) is 5.16. The SMILES string of the molecule is COCCCNC(=O)CCn1cnc2c(C)cccc2c1=O. The standard InChI is InChI=1S/C16H21N3O3/c1-12-5-3-6-13-15(12)18-11-19(16(13)21)9-7-14(20)17-8-4-10-22-2/h3,5-6,11H,4,7-10H2,1-2H3,(H,17,20). The van der Waals surface area contributed by atoms with Crippen LogP contribution in [0.15, 0.2) is 29.3 Å². The highest BCUT2D eigenvalue weighted by atomic mass is 16.5. The Bertz CT molecular complexity index is 709. The summed E-state index contributed by atoms with van der Waals surface area (Å²) in [6.07, 6.45) is 2.54. The van der Waals surface area contributed by atoms with Crippen molar-refractivity contribution in [2.75, 3.05) is 20.3 Å². The topological polar surface area (TPSA) is 73.2 Å². The first-order valence-electron chi connectivity index (χ1n) is 7.34. The van der Waals surface area contributed by atoms with Crippen molar-refractivity contribution in [1.29, 1.82) is 0 Å². The zero-order valence-corrected chi connectivity index (χ0v) is 13.0. The van der Waals surface area contributed by atoms with Crippen LogP contribution >= 0.6 is 0 Å². The molecule has 0 aliphatic rings. The van der Waals surface area contributed by atoms with Gasteiger partial charge in [0.25, 0.3) is 5.56 Å². The molecule has 0 saturated heterocycles. The van der Waals surface area contributed by atoms with Gasteiger partial charge in [0.1, 0.15) is 0 Å². The van der Waals surface area contributed by atoms with Crippen LogP contribution in [0.4, 0.5) is 0 Å². The highest BCUT2D eigenvalue weighted by molar-refractivity contribution is 5.80. The van der Waals surface area contributed by atoms with E-state index in [0.717, 1.165) is 12.0 Å². The molecule has 118 valence electrons. The molecule has 0 unspecified atom stereocenters. The number of carbonyl (C=O) groups excluding carboxylic acids is 1. The van der Waals surface area contributed by atoms with Crippen molar-refractivity contribution in [1.82, 2.24) is 14.9 Å². The molecule has 6 heteroatoms. The fraction of sp³-hybridized carbons (Fsp3) is 0.438. The number of methoxy groups -OCH3 is 1. The Kier molecular flexibility index (Phi) is 5.66. The molecular formula is C16H21N3O3. The van der Waals surface area contributed by atoms with Crippen LogP contribution < -0.4 is 10.9 Å². The smallest absolute Gasteiger partial charge is 0.261 e. The molecule has 0 saturated carbocycles. The molecule has 1 amide bonds. The van der Waals surface area contributed by atoms with Gasteiger partial charge in [-0.25, -0.2) is 4.98 Å². The zero-order valence-electron chi connectivity index (χ0n) is 13.0. The summed E-state index contributed by atoms with van der Waals surface area (Å²) in [5.41, 5.74) is 1.58. The summed E-state index contributed by atoms with van der Waals surface area (Å²) in [5.74, 6) is -0.0765. The van der Waals surface area contributed by atoms with Crippen molar-refractivity contribution in [2.45, 2.75) is 26.3 Å². The average molecular weight is 303 g/mol. The molecule has 0 radical (unpaired) electrons. The number of hydrogen-bond acceptors (Lipinski definition) is 4. The molecule has 0 fully saturated rings. The third kappa shape index (κ3) is 3.92. The minimum atomic E-state index is -0.110. The molecule has 0 aliphatic carbocycles. The highest BCUT2D eigenvalue weighted by Crippen LogP contribution is 2.11. The van der Waals surface area contributed by atoms with Crippen molar-refractivity contribution in [3.05, 3.63) is 40.4 Å². The number of ether oxygens (including phenoxy) is 1. The molecule has 0 spiro atoms. The van der Waals surface area contributed by atoms with Gasteiger partial charge in [0.05, 0.1) is 17.2 Å². The minimum Gasteiger partial charge on any atom is -0.385 e. The van der Waals surface area contributed by atoms with Crippen LogP contribution in [0.5, 0.6) is 0 Å². The van der Waals surface area contributed by atoms with E-state index in [-0.39, 0.29) is 17.9 Å². The number of hydrogen-bond donors (Lipinski definition) is 1. The number of rotatable bonds is 7. The van der Waals surface area contributed by atoms with Crippen molar-refractivity contribution >= 4 is 16.8 Å². The number of nitrogens with zero attached hydrogens (tertiary/aromatic N) is 2. The van der Waals surface area contributed by atoms with Crippen molar-refractivity contribution in [3.8, 4) is 0 Å². The summed E-state index contributed by atoms with van der Waals surface area (Å²) < 4.78 is 6.40. The van der Waals surface area contributed by atoms with Crippen LogP contribution in [0.2, 0.25) is 0 Å². The van der Waals surface area contributed by atoms with Crippen molar-refractivity contribution in [3.63, 3.8) is 0 Å². The lowest BCUT2D eigenvalue weighted by Gasteiger charge is -2.08. The second-order valence-electron chi connectivity index (χ2n) is 5.16. The van der Waals surface area contributed by atoms with E-state index in [0.29, 0.717) is 30.6 Å². The normalized spacial score (nSPS) is 10.8. The quantitative estimate of drug-likeness (QED) is 0.781. The zero-order chi connectivity index (χ0) is 15.9. The van der Waals surface area contributed by atoms with Gasteiger partial charge >= 0.3 is 0 Å². The molecule has 2 rings (SSSR count). The summed E-state index contributed by atoms with van der Waals surface area (Å²) in [4.78, 5) is 28.4. The maximum absolute atomic E-state index is 12.4. The van der Waals surface area contributed by atoms with E-state index in [2.05, 4.69) is 10.3 Å². The maximum atomic E-state index is 12.4. The van der Waals surface area contributed by atoms with E-state index in [1.54, 1.807) is 13.2 Å². The fourth-order valence-corrected chi connectivity index (χ4v) is 2.25. The molecule has 2 aromatic rings. The van der Waals surface area contributed by atoms with Crippen LogP contribution in [-0.4, -0.2) is 35.7 Å². The number of benzene rings is 1. The third-order valence-corrected chi connectivity index (χ3v) is 3.48. The van der Waals surface area contributed by atoms with Crippen LogP contribution in [0.25, 0.3) is 10.9 Å². The van der Waals surface area contributed by atoms with Gasteiger partial charge in [0, 0.05) is 33.2 Å². The summed E-state index contributed by atoms with van der Waals surface area (Å²) >= 11 is 0. The average Bonchev–Trinajstić information content (AvgIpc) is 2.52. The van der Waals surface area contributed by atoms with Gasteiger partial charge in [-0.2, -0.15) is 0 Å². The Morgan fingerprint density at radius 1 is 1.41 bits per heavy atom. The first-order chi connectivity index (χ1) is 10.6. The predicted octanol–water partition coefficient (Wildman–Crippen LogP) is 1.25. The van der Waals surface area contributed by atoms with Crippen molar-refractivity contribution < 1.29 is 9.53 Å². The monoisotopic (exact) mass is 303 g/mol. The van der Waals surface area contributed by atoms with E-state index in [1.807, 2.05) is 19.1 Å². The number of aryl methyl sites for hydroxylation is 2.